The largest absolute Gasteiger partial charge is 0.394 e. The Morgan fingerprint density at radius 3 is 2.59 bits per heavy atom. The van der Waals surface area contributed by atoms with Gasteiger partial charge >= 0.3 is 0 Å². The number of hydrogen-bond acceptors (Lipinski definition) is 9. The maximum absolute atomic E-state index is 10.9. The lowest BCUT2D eigenvalue weighted by molar-refractivity contribution is -0.326. The van der Waals surface area contributed by atoms with Crippen LogP contribution in [0.25, 0.3) is 10.8 Å². The second kappa shape index (κ2) is 8.28. The van der Waals surface area contributed by atoms with Crippen LogP contribution < -0.4 is 0 Å². The highest BCUT2D eigenvalue weighted by atomic mass is 16.8. The van der Waals surface area contributed by atoms with Gasteiger partial charge in [-0.15, -0.1) is 0 Å². The average Bonchev–Trinajstić information content (AvgIpc) is 3.50. The van der Waals surface area contributed by atoms with E-state index < -0.39 is 43.4 Å². The summed E-state index contributed by atoms with van der Waals surface area (Å²) >= 11 is 0. The molecule has 2 bridgehead atoms. The normalized spacial score (nSPS) is 42.7. The molecular formula is C23H26O9. The number of hydrogen-bond donors (Lipinski definition) is 3. The van der Waals surface area contributed by atoms with Crippen LogP contribution in [0.2, 0.25) is 0 Å². The molecule has 0 amide bonds. The van der Waals surface area contributed by atoms with Crippen LogP contribution in [0.3, 0.4) is 0 Å². The molecule has 4 aliphatic heterocycles. The molecule has 4 fully saturated rings. The van der Waals surface area contributed by atoms with Gasteiger partial charge in [0.05, 0.1) is 19.8 Å². The van der Waals surface area contributed by atoms with Crippen molar-refractivity contribution in [3.8, 4) is 0 Å². The molecule has 6 rings (SSSR count). The molecule has 9 nitrogen and oxygen atoms in total. The van der Waals surface area contributed by atoms with E-state index in [1.807, 2.05) is 42.5 Å². The number of ether oxygens (including phenoxy) is 6. The Kier molecular flexibility index (Phi) is 5.41. The summed E-state index contributed by atoms with van der Waals surface area (Å²) in [5.74, 6) is 0. The summed E-state index contributed by atoms with van der Waals surface area (Å²) in [6.45, 7) is 0.108. The minimum absolute atomic E-state index is 0.174. The van der Waals surface area contributed by atoms with Crippen LogP contribution in [0.15, 0.2) is 42.5 Å². The summed E-state index contributed by atoms with van der Waals surface area (Å²) in [5, 5.41) is 33.5. The van der Waals surface area contributed by atoms with Crippen molar-refractivity contribution in [2.24, 2.45) is 0 Å². The summed E-state index contributed by atoms with van der Waals surface area (Å²) < 4.78 is 34.5. The molecule has 4 saturated heterocycles. The molecule has 0 aliphatic carbocycles. The third-order valence-corrected chi connectivity index (χ3v) is 6.62. The van der Waals surface area contributed by atoms with Gasteiger partial charge in [-0.25, -0.2) is 0 Å². The zero-order chi connectivity index (χ0) is 21.8. The van der Waals surface area contributed by atoms with Crippen LogP contribution in [0.4, 0.5) is 0 Å². The minimum Gasteiger partial charge on any atom is -0.394 e. The quantitative estimate of drug-likeness (QED) is 0.530. The lowest BCUT2D eigenvalue weighted by Crippen LogP contribution is -2.61. The average molecular weight is 446 g/mol. The summed E-state index contributed by atoms with van der Waals surface area (Å²) in [5.41, 5.74) is 0.900. The molecule has 0 aromatic heterocycles. The zero-order valence-corrected chi connectivity index (χ0v) is 17.2. The SMILES string of the molecule is OC[C@H]1O[C@@H](O[C@H]2[C@@H]3O[C@@H]3[C@@H]3OC[C@H]2O3)[C@H](O)[C@@H](OCc2ccc3ccccc3c2)[C@H]1O. The second-order valence-electron chi connectivity index (χ2n) is 8.71. The molecule has 0 radical (unpaired) electrons. The highest BCUT2D eigenvalue weighted by Crippen LogP contribution is 2.44. The van der Waals surface area contributed by atoms with Gasteiger partial charge < -0.3 is 43.7 Å². The summed E-state index contributed by atoms with van der Waals surface area (Å²) in [6, 6.07) is 13.9. The van der Waals surface area contributed by atoms with Crippen molar-refractivity contribution in [2.75, 3.05) is 13.2 Å². The van der Waals surface area contributed by atoms with Gasteiger partial charge in [0.25, 0.3) is 0 Å². The maximum Gasteiger partial charge on any atom is 0.187 e. The Balaban J connectivity index is 1.16. The first-order valence-corrected chi connectivity index (χ1v) is 10.9. The topological polar surface area (TPSA) is 119 Å². The van der Waals surface area contributed by atoms with Gasteiger partial charge in [0.1, 0.15) is 48.8 Å². The smallest absolute Gasteiger partial charge is 0.187 e. The third kappa shape index (κ3) is 3.63. The fraction of sp³-hybridized carbons (Fsp3) is 0.565. The predicted molar refractivity (Wildman–Crippen MR) is 108 cm³/mol. The van der Waals surface area contributed by atoms with E-state index in [4.69, 9.17) is 28.4 Å². The third-order valence-electron chi connectivity index (χ3n) is 6.62. The first-order chi connectivity index (χ1) is 15.6. The fourth-order valence-electron chi connectivity index (χ4n) is 4.82. The summed E-state index contributed by atoms with van der Waals surface area (Å²) in [4.78, 5) is 0. The van der Waals surface area contributed by atoms with E-state index >= 15 is 0 Å². The van der Waals surface area contributed by atoms with E-state index in [1.165, 1.54) is 0 Å². The lowest BCUT2D eigenvalue weighted by atomic mass is 9.98. The van der Waals surface area contributed by atoms with Crippen LogP contribution in [0.5, 0.6) is 0 Å². The molecule has 4 heterocycles. The monoisotopic (exact) mass is 446 g/mol. The summed E-state index contributed by atoms with van der Waals surface area (Å²) in [6.07, 6.45) is -7.12. The predicted octanol–water partition coefficient (Wildman–Crippen LogP) is 0.0717. The first-order valence-electron chi connectivity index (χ1n) is 10.9. The standard InChI is InChI=1S/C23H26O9/c24-8-14-16(25)19(27-9-11-5-6-12-3-1-2-4-13(12)7-11)17(26)22(29-14)32-18-15-10-28-23(30-15)21-20(18)31-21/h1-7,14-26H,8-10H2/t14-,15-,16+,17-,18-,19+,20+,21+,22+,23-/m1/s1. The van der Waals surface area contributed by atoms with Crippen molar-refractivity contribution in [3.05, 3.63) is 48.0 Å². The van der Waals surface area contributed by atoms with E-state index in [0.29, 0.717) is 6.61 Å². The Morgan fingerprint density at radius 2 is 1.75 bits per heavy atom. The van der Waals surface area contributed by atoms with Crippen molar-refractivity contribution in [1.29, 1.82) is 0 Å². The highest BCUT2D eigenvalue weighted by Gasteiger charge is 2.63. The van der Waals surface area contributed by atoms with Crippen LogP contribution in [0, 0.1) is 0 Å². The van der Waals surface area contributed by atoms with Crippen molar-refractivity contribution in [3.63, 3.8) is 0 Å². The number of benzene rings is 2. The number of aliphatic hydroxyl groups excluding tert-OH is 3. The molecule has 0 unspecified atom stereocenters. The Morgan fingerprint density at radius 1 is 0.906 bits per heavy atom. The Bertz CT molecular complexity index is 969. The molecule has 2 aromatic rings. The first kappa shape index (κ1) is 20.9. The maximum atomic E-state index is 10.9. The molecule has 0 saturated carbocycles. The van der Waals surface area contributed by atoms with Crippen molar-refractivity contribution in [2.45, 2.75) is 68.0 Å². The molecule has 10 atom stereocenters. The van der Waals surface area contributed by atoms with E-state index in [1.54, 1.807) is 0 Å². The van der Waals surface area contributed by atoms with Gasteiger partial charge in [0.2, 0.25) is 0 Å². The number of rotatable bonds is 6. The van der Waals surface area contributed by atoms with E-state index in [-0.39, 0.29) is 31.2 Å². The van der Waals surface area contributed by atoms with Gasteiger partial charge in [0, 0.05) is 0 Å². The molecule has 0 spiro atoms. The zero-order valence-electron chi connectivity index (χ0n) is 17.2. The van der Waals surface area contributed by atoms with Crippen molar-refractivity contribution >= 4 is 10.8 Å². The second-order valence-corrected chi connectivity index (χ2v) is 8.71. The molecule has 3 N–H and O–H groups in total. The van der Waals surface area contributed by atoms with Crippen LogP contribution >= 0.6 is 0 Å². The molecule has 9 heteroatoms. The van der Waals surface area contributed by atoms with Crippen molar-refractivity contribution in [1.82, 2.24) is 0 Å². The van der Waals surface area contributed by atoms with Crippen LogP contribution in [0.1, 0.15) is 5.56 Å². The van der Waals surface area contributed by atoms with Crippen LogP contribution in [-0.2, 0) is 35.0 Å². The van der Waals surface area contributed by atoms with Crippen molar-refractivity contribution < 1.29 is 43.7 Å². The minimum atomic E-state index is -1.27. The number of aliphatic hydroxyl groups is 3. The van der Waals surface area contributed by atoms with Gasteiger partial charge in [-0.2, -0.15) is 0 Å². The number of fused-ring (bicyclic) bond motifs is 5. The van der Waals surface area contributed by atoms with E-state index in [9.17, 15) is 15.3 Å². The number of epoxide rings is 1. The van der Waals surface area contributed by atoms with Gasteiger partial charge in [0.15, 0.2) is 12.6 Å². The van der Waals surface area contributed by atoms with Gasteiger partial charge in [-0.1, -0.05) is 36.4 Å². The molecule has 4 aliphatic rings. The molecule has 2 aromatic carbocycles. The molecule has 172 valence electrons. The molecule has 32 heavy (non-hydrogen) atoms. The van der Waals surface area contributed by atoms with Gasteiger partial charge in [-0.05, 0) is 22.4 Å². The van der Waals surface area contributed by atoms with E-state index in [0.717, 1.165) is 16.3 Å². The Labute approximate surface area is 184 Å². The Hall–Kier alpha value is -1.66. The highest BCUT2D eigenvalue weighted by molar-refractivity contribution is 5.82. The lowest BCUT2D eigenvalue weighted by Gasteiger charge is -2.43. The summed E-state index contributed by atoms with van der Waals surface area (Å²) in [7, 11) is 0. The molecular weight excluding hydrogens is 420 g/mol. The van der Waals surface area contributed by atoms with Gasteiger partial charge in [-0.3, -0.25) is 0 Å². The van der Waals surface area contributed by atoms with Crippen LogP contribution in [-0.4, -0.2) is 89.9 Å². The fourth-order valence-corrected chi connectivity index (χ4v) is 4.82. The van der Waals surface area contributed by atoms with E-state index in [2.05, 4.69) is 0 Å².